The van der Waals surface area contributed by atoms with Crippen molar-refractivity contribution >= 4 is 23.2 Å². The Kier molecular flexibility index (Phi) is 6.39. The molecule has 2 rings (SSSR count). The minimum absolute atomic E-state index is 0.217. The van der Waals surface area contributed by atoms with Gasteiger partial charge in [0, 0.05) is 32.0 Å². The van der Waals surface area contributed by atoms with Crippen LogP contribution in [0.15, 0.2) is 48.5 Å². The van der Waals surface area contributed by atoms with Gasteiger partial charge in [-0.3, -0.25) is 9.59 Å². The van der Waals surface area contributed by atoms with Crippen LogP contribution in [0.5, 0.6) is 5.75 Å². The van der Waals surface area contributed by atoms with Crippen LogP contribution in [-0.4, -0.2) is 33.0 Å². The first kappa shape index (κ1) is 18.3. The summed E-state index contributed by atoms with van der Waals surface area (Å²) in [6.45, 7) is 0.369. The van der Waals surface area contributed by atoms with E-state index in [9.17, 15) is 9.59 Å². The normalized spacial score (nSPS) is 10.0. The van der Waals surface area contributed by atoms with Gasteiger partial charge in [-0.25, -0.2) is 0 Å². The van der Waals surface area contributed by atoms with Gasteiger partial charge < -0.3 is 20.3 Å². The second-order valence-electron chi connectivity index (χ2n) is 5.79. The van der Waals surface area contributed by atoms with E-state index in [1.165, 1.54) is 0 Å². The van der Waals surface area contributed by atoms with Crippen LogP contribution in [0.2, 0.25) is 0 Å². The van der Waals surface area contributed by atoms with E-state index in [1.807, 2.05) is 67.5 Å². The van der Waals surface area contributed by atoms with Crippen LogP contribution in [-0.2, 0) is 16.1 Å². The average Bonchev–Trinajstić information content (AvgIpc) is 2.60. The molecular formula is C19H23N3O3. The molecule has 25 heavy (non-hydrogen) atoms. The Morgan fingerprint density at radius 3 is 2.16 bits per heavy atom. The minimum atomic E-state index is -0.343. The number of benzene rings is 2. The van der Waals surface area contributed by atoms with Crippen molar-refractivity contribution in [3.8, 4) is 5.75 Å². The van der Waals surface area contributed by atoms with E-state index in [-0.39, 0.29) is 18.2 Å². The summed E-state index contributed by atoms with van der Waals surface area (Å²) < 4.78 is 5.08. The molecule has 0 bridgehead atoms. The summed E-state index contributed by atoms with van der Waals surface area (Å²) in [6, 6.07) is 14.8. The molecule has 0 unspecified atom stereocenters. The third-order valence-corrected chi connectivity index (χ3v) is 3.64. The number of hydrogen-bond acceptors (Lipinski definition) is 4. The van der Waals surface area contributed by atoms with Gasteiger partial charge in [-0.05, 0) is 42.0 Å². The summed E-state index contributed by atoms with van der Waals surface area (Å²) in [6.07, 6.45) is -0.217. The minimum Gasteiger partial charge on any atom is -0.497 e. The Morgan fingerprint density at radius 2 is 1.60 bits per heavy atom. The fourth-order valence-electron chi connectivity index (χ4n) is 2.20. The second kappa shape index (κ2) is 8.73. The molecule has 0 saturated carbocycles. The van der Waals surface area contributed by atoms with Gasteiger partial charge in [0.1, 0.15) is 12.2 Å². The van der Waals surface area contributed by atoms with Crippen molar-refractivity contribution in [3.63, 3.8) is 0 Å². The summed E-state index contributed by atoms with van der Waals surface area (Å²) in [5.41, 5.74) is 2.64. The number of methoxy groups -OCH3 is 1. The van der Waals surface area contributed by atoms with Crippen LogP contribution in [0.1, 0.15) is 12.0 Å². The maximum Gasteiger partial charge on any atom is 0.233 e. The zero-order valence-electron chi connectivity index (χ0n) is 14.7. The predicted octanol–water partition coefficient (Wildman–Crippen LogP) is 2.41. The summed E-state index contributed by atoms with van der Waals surface area (Å²) in [5, 5.41) is 5.45. The molecule has 0 radical (unpaired) electrons. The number of anilines is 2. The fourth-order valence-corrected chi connectivity index (χ4v) is 2.20. The highest BCUT2D eigenvalue weighted by molar-refractivity contribution is 6.03. The molecular weight excluding hydrogens is 318 g/mol. The summed E-state index contributed by atoms with van der Waals surface area (Å²) in [5.74, 6) is 0.0952. The third kappa shape index (κ3) is 5.84. The Morgan fingerprint density at radius 1 is 0.960 bits per heavy atom. The summed E-state index contributed by atoms with van der Waals surface area (Å²) in [4.78, 5) is 25.8. The Labute approximate surface area is 147 Å². The van der Waals surface area contributed by atoms with Crippen molar-refractivity contribution in [2.45, 2.75) is 13.0 Å². The van der Waals surface area contributed by atoms with Crippen LogP contribution in [0.3, 0.4) is 0 Å². The van der Waals surface area contributed by atoms with Crippen molar-refractivity contribution in [1.82, 2.24) is 5.32 Å². The first-order valence-corrected chi connectivity index (χ1v) is 7.95. The maximum absolute atomic E-state index is 11.9. The molecule has 0 fully saturated rings. The summed E-state index contributed by atoms with van der Waals surface area (Å²) >= 11 is 0. The van der Waals surface area contributed by atoms with Gasteiger partial charge in [0.25, 0.3) is 0 Å². The second-order valence-corrected chi connectivity index (χ2v) is 5.79. The van der Waals surface area contributed by atoms with Crippen LogP contribution < -0.4 is 20.3 Å². The van der Waals surface area contributed by atoms with Gasteiger partial charge in [0.2, 0.25) is 11.8 Å². The Hall–Kier alpha value is -3.02. The fraction of sp³-hybridized carbons (Fsp3) is 0.263. The molecule has 2 aromatic carbocycles. The number of carbonyl (C=O) groups excluding carboxylic acids is 2. The smallest absolute Gasteiger partial charge is 0.233 e. The molecule has 2 aromatic rings. The maximum atomic E-state index is 11.9. The van der Waals surface area contributed by atoms with E-state index in [0.29, 0.717) is 12.2 Å². The highest BCUT2D eigenvalue weighted by atomic mass is 16.5. The quantitative estimate of drug-likeness (QED) is 0.759. The third-order valence-electron chi connectivity index (χ3n) is 3.64. The van der Waals surface area contributed by atoms with E-state index < -0.39 is 0 Å². The van der Waals surface area contributed by atoms with Crippen LogP contribution >= 0.6 is 0 Å². The average molecular weight is 341 g/mol. The van der Waals surface area contributed by atoms with E-state index in [4.69, 9.17) is 4.74 Å². The van der Waals surface area contributed by atoms with Gasteiger partial charge >= 0.3 is 0 Å². The van der Waals surface area contributed by atoms with E-state index >= 15 is 0 Å². The first-order valence-electron chi connectivity index (χ1n) is 7.95. The molecule has 0 aliphatic rings. The largest absolute Gasteiger partial charge is 0.497 e. The Bertz CT molecular complexity index is 710. The predicted molar refractivity (Wildman–Crippen MR) is 98.9 cm³/mol. The van der Waals surface area contributed by atoms with Crippen molar-refractivity contribution < 1.29 is 14.3 Å². The van der Waals surface area contributed by atoms with Gasteiger partial charge in [0.05, 0.1) is 7.11 Å². The number of rotatable bonds is 7. The van der Waals surface area contributed by atoms with Crippen molar-refractivity contribution in [1.29, 1.82) is 0 Å². The summed E-state index contributed by atoms with van der Waals surface area (Å²) in [7, 11) is 5.49. The molecule has 0 aliphatic heterocycles. The molecule has 0 aromatic heterocycles. The van der Waals surface area contributed by atoms with Crippen LogP contribution in [0, 0.1) is 0 Å². The van der Waals surface area contributed by atoms with Gasteiger partial charge in [0.15, 0.2) is 0 Å². The first-order chi connectivity index (χ1) is 12.0. The molecule has 0 atom stereocenters. The molecule has 0 heterocycles. The number of nitrogens with zero attached hydrogens (tertiary/aromatic N) is 1. The lowest BCUT2D eigenvalue weighted by atomic mass is 10.2. The number of nitrogens with one attached hydrogen (secondary N) is 2. The Balaban J connectivity index is 1.78. The van der Waals surface area contributed by atoms with Gasteiger partial charge in [-0.15, -0.1) is 0 Å². The lowest BCUT2D eigenvalue weighted by Crippen LogP contribution is -2.27. The molecule has 0 spiro atoms. The molecule has 0 aliphatic carbocycles. The molecule has 132 valence electrons. The van der Waals surface area contributed by atoms with Crippen molar-refractivity contribution in [2.75, 3.05) is 31.4 Å². The topological polar surface area (TPSA) is 70.7 Å². The van der Waals surface area contributed by atoms with Crippen molar-refractivity contribution in [3.05, 3.63) is 54.1 Å². The number of hydrogen-bond donors (Lipinski definition) is 2. The zero-order chi connectivity index (χ0) is 18.2. The monoisotopic (exact) mass is 341 g/mol. The van der Waals surface area contributed by atoms with E-state index in [2.05, 4.69) is 10.6 Å². The van der Waals surface area contributed by atoms with E-state index in [1.54, 1.807) is 7.11 Å². The molecule has 2 N–H and O–H groups in total. The number of amides is 2. The van der Waals surface area contributed by atoms with Crippen LogP contribution in [0.25, 0.3) is 0 Å². The molecule has 0 saturated heterocycles. The van der Waals surface area contributed by atoms with Gasteiger partial charge in [-0.1, -0.05) is 12.1 Å². The highest BCUT2D eigenvalue weighted by Gasteiger charge is 2.09. The highest BCUT2D eigenvalue weighted by Crippen LogP contribution is 2.15. The zero-order valence-corrected chi connectivity index (χ0v) is 14.7. The SMILES string of the molecule is COc1ccc(CNC(=O)CC(=O)Nc2ccc(N(C)C)cc2)cc1. The molecule has 2 amide bonds. The standard InChI is InChI=1S/C19H23N3O3/c1-22(2)16-8-6-15(7-9-16)21-19(24)12-18(23)20-13-14-4-10-17(25-3)11-5-14/h4-11H,12-13H2,1-3H3,(H,20,23)(H,21,24). The molecule has 6 nitrogen and oxygen atoms in total. The number of carbonyl (C=O) groups is 2. The van der Waals surface area contributed by atoms with Crippen LogP contribution in [0.4, 0.5) is 11.4 Å². The lowest BCUT2D eigenvalue weighted by Gasteiger charge is -2.13. The lowest BCUT2D eigenvalue weighted by molar-refractivity contribution is -0.126. The van der Waals surface area contributed by atoms with Crippen molar-refractivity contribution in [2.24, 2.45) is 0 Å². The molecule has 6 heteroatoms. The van der Waals surface area contributed by atoms with Gasteiger partial charge in [-0.2, -0.15) is 0 Å². The van der Waals surface area contributed by atoms with E-state index in [0.717, 1.165) is 17.0 Å². The number of ether oxygens (including phenoxy) is 1.